The summed E-state index contributed by atoms with van der Waals surface area (Å²) >= 11 is 0. The zero-order valence-corrected chi connectivity index (χ0v) is 23.6. The summed E-state index contributed by atoms with van der Waals surface area (Å²) in [5, 5.41) is 12.5. The summed E-state index contributed by atoms with van der Waals surface area (Å²) < 4.78 is 6.03. The van der Waals surface area contributed by atoms with Crippen LogP contribution in [0, 0.1) is 12.3 Å². The molecule has 41 heavy (non-hydrogen) atoms. The minimum absolute atomic E-state index is 0.0225. The van der Waals surface area contributed by atoms with Crippen molar-refractivity contribution in [1.29, 1.82) is 0 Å². The number of amides is 2. The van der Waals surface area contributed by atoms with Crippen molar-refractivity contribution in [3.63, 3.8) is 0 Å². The van der Waals surface area contributed by atoms with Gasteiger partial charge in [0.05, 0.1) is 23.3 Å². The first-order chi connectivity index (χ1) is 19.7. The summed E-state index contributed by atoms with van der Waals surface area (Å²) in [6.07, 6.45) is 6.75. The molecule has 0 radical (unpaired) electrons. The first-order valence-electron chi connectivity index (χ1n) is 14.0. The van der Waals surface area contributed by atoms with Crippen molar-refractivity contribution in [3.05, 3.63) is 65.5 Å². The Balaban J connectivity index is 1.22. The number of nitrogens with one attached hydrogen (secondary N) is 1. The third-order valence-corrected chi connectivity index (χ3v) is 8.03. The zero-order chi connectivity index (χ0) is 29.1. The molecule has 3 aromatic rings. The van der Waals surface area contributed by atoms with Gasteiger partial charge >= 0.3 is 5.97 Å². The lowest BCUT2D eigenvalue weighted by Gasteiger charge is -2.23. The molecule has 2 amide bonds. The lowest BCUT2D eigenvalue weighted by Crippen LogP contribution is -2.32. The average Bonchev–Trinajstić information content (AvgIpc) is 3.41. The standard InChI is InChI=1S/C31H35N5O5/c1-4-36-27-23(29(38)35(3)24-8-7-14-32-28(24)36)17-21(19-33-27)11-15-41-25-10-9-22(16-20(25)2)34-26(37)18-31(30(39)40)12-5-6-13-31/h7-10,14,16-17,19H,4-6,11-13,15,18H2,1-3H3,(H,34,37)(H,39,40). The van der Waals surface area contributed by atoms with Gasteiger partial charge < -0.3 is 25.0 Å². The number of ether oxygens (including phenoxy) is 1. The number of aryl methyl sites for hydroxylation is 1. The molecule has 1 aromatic carbocycles. The fraction of sp³-hybridized carbons (Fsp3) is 0.387. The molecule has 0 spiro atoms. The molecule has 3 heterocycles. The Hall–Kier alpha value is -4.47. The van der Waals surface area contributed by atoms with Gasteiger partial charge in [-0.15, -0.1) is 0 Å². The predicted molar refractivity (Wildman–Crippen MR) is 156 cm³/mol. The highest BCUT2D eigenvalue weighted by molar-refractivity contribution is 6.12. The van der Waals surface area contributed by atoms with Crippen LogP contribution in [0.25, 0.3) is 0 Å². The van der Waals surface area contributed by atoms with E-state index in [0.29, 0.717) is 61.1 Å². The summed E-state index contributed by atoms with van der Waals surface area (Å²) in [5.41, 5.74) is 2.62. The van der Waals surface area contributed by atoms with Crippen molar-refractivity contribution < 1.29 is 24.2 Å². The van der Waals surface area contributed by atoms with E-state index in [1.54, 1.807) is 36.5 Å². The zero-order valence-electron chi connectivity index (χ0n) is 23.6. The molecule has 0 bridgehead atoms. The van der Waals surface area contributed by atoms with Gasteiger partial charge in [0.2, 0.25) is 5.91 Å². The molecule has 10 heteroatoms. The number of anilines is 4. The maximum atomic E-state index is 13.3. The Labute approximate surface area is 239 Å². The average molecular weight is 558 g/mol. The molecule has 0 unspecified atom stereocenters. The molecule has 214 valence electrons. The van der Waals surface area contributed by atoms with E-state index in [2.05, 4.69) is 15.3 Å². The van der Waals surface area contributed by atoms with Crippen LogP contribution in [0.3, 0.4) is 0 Å². The number of carboxylic acids is 1. The van der Waals surface area contributed by atoms with Crippen LogP contribution in [0.15, 0.2) is 48.8 Å². The van der Waals surface area contributed by atoms with Gasteiger partial charge in [-0.25, -0.2) is 9.97 Å². The second-order valence-corrected chi connectivity index (χ2v) is 10.8. The number of rotatable bonds is 9. The molecule has 2 N–H and O–H groups in total. The molecule has 0 saturated heterocycles. The Morgan fingerprint density at radius 2 is 1.90 bits per heavy atom. The number of carbonyl (C=O) groups excluding carboxylic acids is 2. The largest absolute Gasteiger partial charge is 0.493 e. The Kier molecular flexibility index (Phi) is 7.92. The van der Waals surface area contributed by atoms with Crippen molar-refractivity contribution in [1.82, 2.24) is 9.97 Å². The smallest absolute Gasteiger partial charge is 0.310 e. The van der Waals surface area contributed by atoms with E-state index in [-0.39, 0.29) is 18.2 Å². The van der Waals surface area contributed by atoms with Crippen molar-refractivity contribution in [2.75, 3.05) is 35.3 Å². The van der Waals surface area contributed by atoms with E-state index in [9.17, 15) is 19.5 Å². The number of aliphatic carboxylic acids is 1. The van der Waals surface area contributed by atoms with Crippen LogP contribution in [0.4, 0.5) is 23.0 Å². The van der Waals surface area contributed by atoms with Crippen LogP contribution in [0.2, 0.25) is 0 Å². The number of pyridine rings is 2. The highest BCUT2D eigenvalue weighted by atomic mass is 16.5. The maximum Gasteiger partial charge on any atom is 0.310 e. The quantitative estimate of drug-likeness (QED) is 0.371. The molecule has 2 aliphatic rings. The second-order valence-electron chi connectivity index (χ2n) is 10.8. The predicted octanol–water partition coefficient (Wildman–Crippen LogP) is 5.13. The van der Waals surface area contributed by atoms with Crippen LogP contribution < -0.4 is 19.9 Å². The number of hydrogen-bond acceptors (Lipinski definition) is 7. The molecule has 1 saturated carbocycles. The van der Waals surface area contributed by atoms with Gasteiger partial charge in [-0.3, -0.25) is 14.4 Å². The van der Waals surface area contributed by atoms with E-state index in [1.807, 2.05) is 43.0 Å². The van der Waals surface area contributed by atoms with Crippen molar-refractivity contribution >= 4 is 40.8 Å². The summed E-state index contributed by atoms with van der Waals surface area (Å²) in [4.78, 5) is 50.5. The topological polar surface area (TPSA) is 125 Å². The molecule has 2 aromatic heterocycles. The van der Waals surface area contributed by atoms with E-state index in [1.165, 1.54) is 0 Å². The number of aromatic nitrogens is 2. The van der Waals surface area contributed by atoms with Gasteiger partial charge in [-0.05, 0) is 74.2 Å². The second kappa shape index (κ2) is 11.6. The summed E-state index contributed by atoms with van der Waals surface area (Å²) in [6.45, 7) is 4.88. The SMILES string of the molecule is CCN1c2ncc(CCOc3ccc(NC(=O)CC4(C(=O)O)CCCC4)cc3C)cc2C(=O)N(C)c2cccnc21. The number of carbonyl (C=O) groups is 3. The number of hydrogen-bond donors (Lipinski definition) is 2. The number of benzene rings is 1. The van der Waals surface area contributed by atoms with Crippen LogP contribution in [0.5, 0.6) is 5.75 Å². The Morgan fingerprint density at radius 3 is 2.61 bits per heavy atom. The van der Waals surface area contributed by atoms with E-state index in [0.717, 1.165) is 29.7 Å². The summed E-state index contributed by atoms with van der Waals surface area (Å²) in [6, 6.07) is 10.9. The molecule has 10 nitrogen and oxygen atoms in total. The van der Waals surface area contributed by atoms with Gasteiger partial charge in [-0.1, -0.05) is 12.8 Å². The highest BCUT2D eigenvalue weighted by Gasteiger charge is 2.43. The molecule has 5 rings (SSSR count). The summed E-state index contributed by atoms with van der Waals surface area (Å²) in [5.74, 6) is 0.634. The van der Waals surface area contributed by atoms with Crippen molar-refractivity contribution in [3.8, 4) is 5.75 Å². The number of fused-ring (bicyclic) bond motifs is 2. The lowest BCUT2D eigenvalue weighted by atomic mass is 9.82. The van der Waals surface area contributed by atoms with Crippen molar-refractivity contribution in [2.45, 2.75) is 52.4 Å². The van der Waals surface area contributed by atoms with Gasteiger partial charge in [0, 0.05) is 44.5 Å². The van der Waals surface area contributed by atoms with Crippen molar-refractivity contribution in [2.24, 2.45) is 5.41 Å². The van der Waals surface area contributed by atoms with Gasteiger partial charge in [0.1, 0.15) is 11.6 Å². The molecule has 0 atom stereocenters. The first kappa shape index (κ1) is 28.1. The molecular formula is C31H35N5O5. The van der Waals surface area contributed by atoms with Gasteiger partial charge in [0.15, 0.2) is 5.82 Å². The molecule has 1 fully saturated rings. The van der Waals surface area contributed by atoms with E-state index < -0.39 is 11.4 Å². The fourth-order valence-corrected chi connectivity index (χ4v) is 5.76. The van der Waals surface area contributed by atoms with E-state index in [4.69, 9.17) is 4.74 Å². The highest BCUT2D eigenvalue weighted by Crippen LogP contribution is 2.42. The van der Waals surface area contributed by atoms with Gasteiger partial charge in [-0.2, -0.15) is 0 Å². The van der Waals surface area contributed by atoms with Crippen LogP contribution >= 0.6 is 0 Å². The van der Waals surface area contributed by atoms with Crippen LogP contribution in [0.1, 0.15) is 60.5 Å². The van der Waals surface area contributed by atoms with Crippen LogP contribution in [-0.2, 0) is 16.0 Å². The third-order valence-electron chi connectivity index (χ3n) is 8.03. The maximum absolute atomic E-state index is 13.3. The monoisotopic (exact) mass is 557 g/mol. The minimum Gasteiger partial charge on any atom is -0.493 e. The third kappa shape index (κ3) is 5.59. The van der Waals surface area contributed by atoms with E-state index >= 15 is 0 Å². The summed E-state index contributed by atoms with van der Waals surface area (Å²) in [7, 11) is 1.75. The number of nitrogens with zero attached hydrogens (tertiary/aromatic N) is 4. The molecule has 1 aliphatic heterocycles. The molecular weight excluding hydrogens is 522 g/mol. The molecule has 1 aliphatic carbocycles. The number of carboxylic acid groups (broad SMARTS) is 1. The first-order valence-corrected chi connectivity index (χ1v) is 14.0. The Bertz CT molecular complexity index is 1480. The van der Waals surface area contributed by atoms with Crippen LogP contribution in [-0.4, -0.2) is 53.1 Å². The normalized spacial score (nSPS) is 15.6. The van der Waals surface area contributed by atoms with Gasteiger partial charge in [0.25, 0.3) is 5.91 Å². The fourth-order valence-electron chi connectivity index (χ4n) is 5.76. The minimum atomic E-state index is -0.956. The Morgan fingerprint density at radius 1 is 1.12 bits per heavy atom. The lowest BCUT2D eigenvalue weighted by molar-refractivity contribution is -0.150.